The largest absolute Gasteiger partial charge is 0.464 e. The maximum absolute atomic E-state index is 11.4. The molecule has 2 aromatic rings. The van der Waals surface area contributed by atoms with Crippen LogP contribution in [0.2, 0.25) is 0 Å². The van der Waals surface area contributed by atoms with Crippen molar-refractivity contribution >= 4 is 5.97 Å². The van der Waals surface area contributed by atoms with E-state index in [4.69, 9.17) is 4.74 Å². The SMILES string of the molecule is CCCCc1ccc(Oc2cncc(C(=O)OC)n2)cc1. The van der Waals surface area contributed by atoms with Crippen LogP contribution in [0.4, 0.5) is 0 Å². The Morgan fingerprint density at radius 3 is 2.62 bits per heavy atom. The number of nitrogens with zero attached hydrogens (tertiary/aromatic N) is 2. The van der Waals surface area contributed by atoms with Gasteiger partial charge in [0, 0.05) is 0 Å². The van der Waals surface area contributed by atoms with Crippen molar-refractivity contribution in [1.82, 2.24) is 9.97 Å². The van der Waals surface area contributed by atoms with Gasteiger partial charge in [-0.15, -0.1) is 0 Å². The summed E-state index contributed by atoms with van der Waals surface area (Å²) < 4.78 is 10.2. The highest BCUT2D eigenvalue weighted by Gasteiger charge is 2.09. The summed E-state index contributed by atoms with van der Waals surface area (Å²) in [7, 11) is 1.30. The molecule has 1 heterocycles. The van der Waals surface area contributed by atoms with Crippen LogP contribution in [0.3, 0.4) is 0 Å². The normalized spacial score (nSPS) is 10.2. The summed E-state index contributed by atoms with van der Waals surface area (Å²) in [6, 6.07) is 7.83. The highest BCUT2D eigenvalue weighted by Crippen LogP contribution is 2.20. The van der Waals surface area contributed by atoms with Gasteiger partial charge in [0.1, 0.15) is 5.75 Å². The fraction of sp³-hybridized carbons (Fsp3) is 0.312. The smallest absolute Gasteiger partial charge is 0.358 e. The van der Waals surface area contributed by atoms with Gasteiger partial charge < -0.3 is 9.47 Å². The van der Waals surface area contributed by atoms with Gasteiger partial charge in [0.2, 0.25) is 5.88 Å². The summed E-state index contributed by atoms with van der Waals surface area (Å²) >= 11 is 0. The Morgan fingerprint density at radius 2 is 1.95 bits per heavy atom. The summed E-state index contributed by atoms with van der Waals surface area (Å²) in [6.07, 6.45) is 6.21. The van der Waals surface area contributed by atoms with Crippen molar-refractivity contribution in [3.8, 4) is 11.6 Å². The minimum absolute atomic E-state index is 0.120. The molecule has 0 aliphatic heterocycles. The molecule has 21 heavy (non-hydrogen) atoms. The van der Waals surface area contributed by atoms with E-state index in [0.717, 1.165) is 6.42 Å². The quantitative estimate of drug-likeness (QED) is 0.762. The van der Waals surface area contributed by atoms with Crippen molar-refractivity contribution in [2.45, 2.75) is 26.2 Å². The van der Waals surface area contributed by atoms with Crippen LogP contribution in [0.5, 0.6) is 11.6 Å². The molecule has 1 aromatic carbocycles. The first-order chi connectivity index (χ1) is 10.2. The first-order valence-electron chi connectivity index (χ1n) is 6.90. The molecule has 5 nitrogen and oxygen atoms in total. The number of hydrogen-bond donors (Lipinski definition) is 0. The molecule has 0 bridgehead atoms. The number of unbranched alkanes of at least 4 members (excludes halogenated alkanes) is 1. The Bertz CT molecular complexity index is 597. The Labute approximate surface area is 124 Å². The molecular formula is C16H18N2O3. The van der Waals surface area contributed by atoms with Gasteiger partial charge >= 0.3 is 5.97 Å². The van der Waals surface area contributed by atoms with Crippen molar-refractivity contribution in [2.24, 2.45) is 0 Å². The number of esters is 1. The third-order valence-corrected chi connectivity index (χ3v) is 2.97. The average molecular weight is 286 g/mol. The molecule has 0 saturated carbocycles. The van der Waals surface area contributed by atoms with E-state index >= 15 is 0 Å². The predicted octanol–water partition coefficient (Wildman–Crippen LogP) is 3.40. The summed E-state index contributed by atoms with van der Waals surface area (Å²) in [4.78, 5) is 19.4. The first kappa shape index (κ1) is 15.0. The third-order valence-electron chi connectivity index (χ3n) is 2.97. The van der Waals surface area contributed by atoms with Crippen molar-refractivity contribution in [1.29, 1.82) is 0 Å². The molecule has 0 atom stereocenters. The zero-order valence-electron chi connectivity index (χ0n) is 12.2. The fourth-order valence-electron chi connectivity index (χ4n) is 1.83. The molecule has 5 heteroatoms. The molecule has 0 unspecified atom stereocenters. The van der Waals surface area contributed by atoms with E-state index < -0.39 is 5.97 Å². The number of carbonyl (C=O) groups excluding carboxylic acids is 1. The molecule has 0 amide bonds. The van der Waals surface area contributed by atoms with Gasteiger partial charge in [-0.3, -0.25) is 4.98 Å². The van der Waals surface area contributed by atoms with E-state index in [0.29, 0.717) is 5.75 Å². The molecular weight excluding hydrogens is 268 g/mol. The van der Waals surface area contributed by atoms with E-state index in [-0.39, 0.29) is 11.6 Å². The second-order valence-corrected chi connectivity index (χ2v) is 4.58. The van der Waals surface area contributed by atoms with Crippen LogP contribution in [0.25, 0.3) is 0 Å². The van der Waals surface area contributed by atoms with E-state index in [2.05, 4.69) is 21.6 Å². The monoisotopic (exact) mass is 286 g/mol. The zero-order valence-corrected chi connectivity index (χ0v) is 12.2. The number of aromatic nitrogens is 2. The number of carbonyl (C=O) groups is 1. The zero-order chi connectivity index (χ0) is 15.1. The molecule has 2 rings (SSSR count). The number of rotatable bonds is 6. The summed E-state index contributed by atoms with van der Waals surface area (Å²) in [5, 5.41) is 0. The van der Waals surface area contributed by atoms with Gasteiger partial charge in [0.05, 0.1) is 19.5 Å². The number of methoxy groups -OCH3 is 1. The highest BCUT2D eigenvalue weighted by molar-refractivity contribution is 5.86. The molecule has 0 saturated heterocycles. The Kier molecular flexibility index (Phi) is 5.26. The van der Waals surface area contributed by atoms with Crippen LogP contribution in [0.15, 0.2) is 36.7 Å². The maximum Gasteiger partial charge on any atom is 0.358 e. The molecule has 110 valence electrons. The topological polar surface area (TPSA) is 61.3 Å². The Hall–Kier alpha value is -2.43. The van der Waals surface area contributed by atoms with Crippen LogP contribution in [0.1, 0.15) is 35.8 Å². The van der Waals surface area contributed by atoms with Crippen LogP contribution < -0.4 is 4.74 Å². The molecule has 1 aromatic heterocycles. The van der Waals surface area contributed by atoms with E-state index in [1.165, 1.54) is 37.9 Å². The number of hydrogen-bond acceptors (Lipinski definition) is 5. The minimum Gasteiger partial charge on any atom is -0.464 e. The lowest BCUT2D eigenvalue weighted by atomic mass is 10.1. The van der Waals surface area contributed by atoms with Gasteiger partial charge in [-0.1, -0.05) is 25.5 Å². The number of ether oxygens (including phenoxy) is 2. The van der Waals surface area contributed by atoms with Crippen molar-refractivity contribution < 1.29 is 14.3 Å². The lowest BCUT2D eigenvalue weighted by molar-refractivity contribution is 0.0592. The van der Waals surface area contributed by atoms with Gasteiger partial charge in [0.25, 0.3) is 0 Å². The summed E-state index contributed by atoms with van der Waals surface area (Å²) in [6.45, 7) is 2.17. The van der Waals surface area contributed by atoms with Crippen LogP contribution in [-0.4, -0.2) is 23.0 Å². The number of aryl methyl sites for hydroxylation is 1. The summed E-state index contributed by atoms with van der Waals surface area (Å²) in [5.41, 5.74) is 1.40. The van der Waals surface area contributed by atoms with Crippen LogP contribution in [-0.2, 0) is 11.2 Å². The van der Waals surface area contributed by atoms with Gasteiger partial charge in [0.15, 0.2) is 5.69 Å². The maximum atomic E-state index is 11.4. The highest BCUT2D eigenvalue weighted by atomic mass is 16.5. The average Bonchev–Trinajstić information content (AvgIpc) is 2.53. The molecule has 0 fully saturated rings. The first-order valence-corrected chi connectivity index (χ1v) is 6.90. The van der Waals surface area contributed by atoms with E-state index in [9.17, 15) is 4.79 Å². The molecule has 0 N–H and O–H groups in total. The van der Waals surface area contributed by atoms with Crippen molar-refractivity contribution in [3.63, 3.8) is 0 Å². The molecule has 0 aliphatic carbocycles. The summed E-state index contributed by atoms with van der Waals surface area (Å²) in [5.74, 6) is 0.383. The fourth-order valence-corrected chi connectivity index (χ4v) is 1.83. The molecule has 0 radical (unpaired) electrons. The number of benzene rings is 1. The Balaban J connectivity index is 2.06. The van der Waals surface area contributed by atoms with Crippen molar-refractivity contribution in [2.75, 3.05) is 7.11 Å². The third kappa shape index (κ3) is 4.27. The van der Waals surface area contributed by atoms with Gasteiger partial charge in [-0.05, 0) is 30.5 Å². The van der Waals surface area contributed by atoms with Crippen LogP contribution in [0, 0.1) is 0 Å². The predicted molar refractivity (Wildman–Crippen MR) is 78.5 cm³/mol. The second-order valence-electron chi connectivity index (χ2n) is 4.58. The van der Waals surface area contributed by atoms with Gasteiger partial charge in [-0.2, -0.15) is 0 Å². The minimum atomic E-state index is -0.539. The second kappa shape index (κ2) is 7.38. The molecule has 0 aliphatic rings. The molecule has 0 spiro atoms. The lowest BCUT2D eigenvalue weighted by Crippen LogP contribution is -2.05. The van der Waals surface area contributed by atoms with Crippen LogP contribution >= 0.6 is 0 Å². The van der Waals surface area contributed by atoms with Crippen molar-refractivity contribution in [3.05, 3.63) is 47.9 Å². The van der Waals surface area contributed by atoms with Gasteiger partial charge in [-0.25, -0.2) is 9.78 Å². The lowest BCUT2D eigenvalue weighted by Gasteiger charge is -2.06. The van der Waals surface area contributed by atoms with E-state index in [1.807, 2.05) is 24.3 Å². The standard InChI is InChI=1S/C16H18N2O3/c1-3-4-5-12-6-8-13(9-7-12)21-15-11-17-10-14(18-15)16(19)20-2/h6-11H,3-5H2,1-2H3. The van der Waals surface area contributed by atoms with E-state index in [1.54, 1.807) is 0 Å². The Morgan fingerprint density at radius 1 is 1.19 bits per heavy atom.